The van der Waals surface area contributed by atoms with Gasteiger partial charge in [-0.1, -0.05) is 12.1 Å². The maximum atomic E-state index is 12.4. The van der Waals surface area contributed by atoms with Crippen molar-refractivity contribution in [3.63, 3.8) is 0 Å². The lowest BCUT2D eigenvalue weighted by molar-refractivity contribution is -0.122. The summed E-state index contributed by atoms with van der Waals surface area (Å²) in [5.41, 5.74) is 4.01. The summed E-state index contributed by atoms with van der Waals surface area (Å²) in [6.45, 7) is 4.36. The molecule has 5 nitrogen and oxygen atoms in total. The quantitative estimate of drug-likeness (QED) is 0.878. The molecule has 0 radical (unpaired) electrons. The fourth-order valence-corrected chi connectivity index (χ4v) is 3.26. The molecule has 0 aliphatic heterocycles. The maximum absolute atomic E-state index is 12.4. The van der Waals surface area contributed by atoms with Crippen LogP contribution in [0.15, 0.2) is 30.5 Å². The number of pyridine rings is 1. The highest BCUT2D eigenvalue weighted by Crippen LogP contribution is 2.47. The molecule has 0 saturated heterocycles. The average molecular weight is 340 g/mol. The van der Waals surface area contributed by atoms with Crippen molar-refractivity contribution in [2.75, 3.05) is 14.2 Å². The Morgan fingerprint density at radius 1 is 1.20 bits per heavy atom. The number of nitrogens with zero attached hydrogens (tertiary/aromatic N) is 1. The van der Waals surface area contributed by atoms with Crippen LogP contribution in [0, 0.1) is 19.8 Å². The lowest BCUT2D eigenvalue weighted by Gasteiger charge is -2.13. The number of aromatic nitrogens is 1. The normalized spacial score (nSPS) is 18.6. The second kappa shape index (κ2) is 7.13. The van der Waals surface area contributed by atoms with Gasteiger partial charge in [-0.05, 0) is 43.9 Å². The highest BCUT2D eigenvalue weighted by Gasteiger charge is 2.43. The monoisotopic (exact) mass is 340 g/mol. The number of rotatable bonds is 6. The third-order valence-electron chi connectivity index (χ3n) is 4.85. The first-order valence-corrected chi connectivity index (χ1v) is 8.46. The molecule has 1 aliphatic carbocycles. The summed E-state index contributed by atoms with van der Waals surface area (Å²) in [6, 6.07) is 7.95. The van der Waals surface area contributed by atoms with Crippen molar-refractivity contribution < 1.29 is 14.3 Å². The molecular weight excluding hydrogens is 316 g/mol. The summed E-state index contributed by atoms with van der Waals surface area (Å²) >= 11 is 0. The van der Waals surface area contributed by atoms with E-state index in [1.165, 1.54) is 5.56 Å². The molecule has 1 aromatic carbocycles. The standard InChI is InChI=1S/C20H24N2O3/c1-12-10-21-18(13(2)19(12)25-4)11-22-20(23)17-9-16(17)14-5-7-15(24-3)8-6-14/h5-8,10,16-17H,9,11H2,1-4H3,(H,22,23). The zero-order chi connectivity index (χ0) is 18.0. The van der Waals surface area contributed by atoms with Crippen molar-refractivity contribution in [2.45, 2.75) is 32.7 Å². The van der Waals surface area contributed by atoms with Gasteiger partial charge in [-0.15, -0.1) is 0 Å². The minimum atomic E-state index is 0.0426. The molecule has 2 unspecified atom stereocenters. The van der Waals surface area contributed by atoms with Crippen LogP contribution in [0.5, 0.6) is 11.5 Å². The number of methoxy groups -OCH3 is 2. The van der Waals surface area contributed by atoms with Crippen LogP contribution in [0.4, 0.5) is 0 Å². The minimum Gasteiger partial charge on any atom is -0.497 e. The van der Waals surface area contributed by atoms with E-state index in [2.05, 4.69) is 10.3 Å². The molecule has 1 heterocycles. The molecule has 25 heavy (non-hydrogen) atoms. The fraction of sp³-hybridized carbons (Fsp3) is 0.400. The van der Waals surface area contributed by atoms with Crippen molar-refractivity contribution in [1.82, 2.24) is 10.3 Å². The van der Waals surface area contributed by atoms with Gasteiger partial charge in [0.1, 0.15) is 11.5 Å². The maximum Gasteiger partial charge on any atom is 0.224 e. The van der Waals surface area contributed by atoms with Gasteiger partial charge in [0.2, 0.25) is 5.91 Å². The minimum absolute atomic E-state index is 0.0426. The first-order valence-electron chi connectivity index (χ1n) is 8.46. The van der Waals surface area contributed by atoms with Crippen molar-refractivity contribution in [3.05, 3.63) is 52.8 Å². The van der Waals surface area contributed by atoms with Gasteiger partial charge < -0.3 is 14.8 Å². The van der Waals surface area contributed by atoms with E-state index in [1.807, 2.05) is 38.1 Å². The lowest BCUT2D eigenvalue weighted by atomic mass is 10.1. The van der Waals surface area contributed by atoms with Gasteiger partial charge in [-0.3, -0.25) is 9.78 Å². The third-order valence-corrected chi connectivity index (χ3v) is 4.85. The van der Waals surface area contributed by atoms with Crippen LogP contribution in [0.3, 0.4) is 0 Å². The van der Waals surface area contributed by atoms with Crippen molar-refractivity contribution >= 4 is 5.91 Å². The number of hydrogen-bond acceptors (Lipinski definition) is 4. The predicted octanol–water partition coefficient (Wildman–Crippen LogP) is 3.14. The number of carbonyl (C=O) groups is 1. The number of amides is 1. The second-order valence-corrected chi connectivity index (χ2v) is 6.49. The SMILES string of the molecule is COc1ccc(C2CC2C(=O)NCc2ncc(C)c(OC)c2C)cc1. The van der Waals surface area contributed by atoms with Crippen molar-refractivity contribution in [1.29, 1.82) is 0 Å². The number of benzene rings is 1. The Balaban J connectivity index is 1.59. The molecule has 0 spiro atoms. The Kier molecular flexibility index (Phi) is 4.93. The third kappa shape index (κ3) is 3.60. The van der Waals surface area contributed by atoms with Crippen LogP contribution < -0.4 is 14.8 Å². The van der Waals surface area contributed by atoms with Crippen LogP contribution in [0.2, 0.25) is 0 Å². The van der Waals surface area contributed by atoms with Crippen LogP contribution in [-0.2, 0) is 11.3 Å². The van der Waals surface area contributed by atoms with Gasteiger partial charge in [0.05, 0.1) is 26.5 Å². The van der Waals surface area contributed by atoms with E-state index in [9.17, 15) is 4.79 Å². The molecular formula is C20H24N2O3. The van der Waals surface area contributed by atoms with Gasteiger partial charge in [0, 0.05) is 23.2 Å². The fourth-order valence-electron chi connectivity index (χ4n) is 3.26. The van der Waals surface area contributed by atoms with Gasteiger partial charge in [-0.25, -0.2) is 0 Å². The van der Waals surface area contributed by atoms with E-state index in [1.54, 1.807) is 20.4 Å². The Labute approximate surface area is 148 Å². The topological polar surface area (TPSA) is 60.5 Å². The lowest BCUT2D eigenvalue weighted by Crippen LogP contribution is -2.26. The van der Waals surface area contributed by atoms with Crippen molar-refractivity contribution in [2.24, 2.45) is 5.92 Å². The molecule has 3 rings (SSSR count). The molecule has 5 heteroatoms. The summed E-state index contributed by atoms with van der Waals surface area (Å²) in [6.07, 6.45) is 2.67. The van der Waals surface area contributed by atoms with Crippen LogP contribution in [0.25, 0.3) is 0 Å². The van der Waals surface area contributed by atoms with Crippen LogP contribution in [-0.4, -0.2) is 25.1 Å². The first kappa shape index (κ1) is 17.3. The first-order chi connectivity index (χ1) is 12.0. The smallest absolute Gasteiger partial charge is 0.224 e. The van der Waals surface area contributed by atoms with E-state index >= 15 is 0 Å². The molecule has 1 aliphatic rings. The number of aryl methyl sites for hydroxylation is 1. The second-order valence-electron chi connectivity index (χ2n) is 6.49. The predicted molar refractivity (Wildman–Crippen MR) is 96.0 cm³/mol. The molecule has 0 bridgehead atoms. The highest BCUT2D eigenvalue weighted by atomic mass is 16.5. The van der Waals surface area contributed by atoms with E-state index in [0.717, 1.165) is 34.7 Å². The van der Waals surface area contributed by atoms with Crippen molar-refractivity contribution in [3.8, 4) is 11.5 Å². The highest BCUT2D eigenvalue weighted by molar-refractivity contribution is 5.82. The summed E-state index contributed by atoms with van der Waals surface area (Å²) in [7, 11) is 3.31. The molecule has 132 valence electrons. The summed E-state index contributed by atoms with van der Waals surface area (Å²) in [4.78, 5) is 16.8. The summed E-state index contributed by atoms with van der Waals surface area (Å²) in [5, 5.41) is 3.01. The summed E-state index contributed by atoms with van der Waals surface area (Å²) in [5.74, 6) is 2.09. The molecule has 1 aromatic heterocycles. The van der Waals surface area contributed by atoms with E-state index in [4.69, 9.17) is 9.47 Å². The summed E-state index contributed by atoms with van der Waals surface area (Å²) < 4.78 is 10.6. The number of hydrogen-bond donors (Lipinski definition) is 1. The van der Waals surface area contributed by atoms with E-state index in [0.29, 0.717) is 12.5 Å². The molecule has 1 N–H and O–H groups in total. The Bertz CT molecular complexity index is 771. The van der Waals surface area contributed by atoms with Gasteiger partial charge in [0.15, 0.2) is 0 Å². The van der Waals surface area contributed by atoms with Crippen LogP contribution >= 0.6 is 0 Å². The van der Waals surface area contributed by atoms with Gasteiger partial charge >= 0.3 is 0 Å². The van der Waals surface area contributed by atoms with E-state index in [-0.39, 0.29) is 11.8 Å². The van der Waals surface area contributed by atoms with Gasteiger partial charge in [0.25, 0.3) is 0 Å². The average Bonchev–Trinajstić information content (AvgIpc) is 3.42. The molecule has 1 amide bonds. The Hall–Kier alpha value is -2.56. The van der Waals surface area contributed by atoms with E-state index < -0.39 is 0 Å². The zero-order valence-corrected chi connectivity index (χ0v) is 15.1. The Morgan fingerprint density at radius 2 is 1.92 bits per heavy atom. The largest absolute Gasteiger partial charge is 0.497 e. The molecule has 1 fully saturated rings. The zero-order valence-electron chi connectivity index (χ0n) is 15.1. The number of nitrogens with one attached hydrogen (secondary N) is 1. The molecule has 1 saturated carbocycles. The number of carbonyl (C=O) groups excluding carboxylic acids is 1. The number of ether oxygens (including phenoxy) is 2. The molecule has 2 atom stereocenters. The van der Waals surface area contributed by atoms with Crippen LogP contribution in [0.1, 0.15) is 34.7 Å². The molecule has 2 aromatic rings. The Morgan fingerprint density at radius 3 is 2.56 bits per heavy atom. The van der Waals surface area contributed by atoms with Gasteiger partial charge in [-0.2, -0.15) is 0 Å².